The van der Waals surface area contributed by atoms with Gasteiger partial charge >= 0.3 is 0 Å². The SMILES string of the molecule is Cn1cc(C2CN(C(=O)C3(c4ccc(Cl)cc4)CCCC3)Cc3ccccc32)cn1. The Morgan fingerprint density at radius 2 is 1.83 bits per heavy atom. The van der Waals surface area contributed by atoms with E-state index in [-0.39, 0.29) is 11.8 Å². The van der Waals surface area contributed by atoms with E-state index < -0.39 is 5.41 Å². The Morgan fingerprint density at radius 1 is 1.10 bits per heavy atom. The van der Waals surface area contributed by atoms with E-state index in [1.165, 1.54) is 11.1 Å². The number of carbonyl (C=O) groups is 1. The number of benzene rings is 2. The lowest BCUT2D eigenvalue weighted by Gasteiger charge is -2.40. The first-order valence-corrected chi connectivity index (χ1v) is 11.1. The second-order valence-corrected chi connectivity index (χ2v) is 9.12. The van der Waals surface area contributed by atoms with Crippen LogP contribution in [0, 0.1) is 0 Å². The summed E-state index contributed by atoms with van der Waals surface area (Å²) in [7, 11) is 1.94. The number of carbonyl (C=O) groups excluding carboxylic acids is 1. The van der Waals surface area contributed by atoms with Crippen LogP contribution in [-0.2, 0) is 23.8 Å². The highest BCUT2D eigenvalue weighted by molar-refractivity contribution is 6.30. The predicted octanol–water partition coefficient (Wildman–Crippen LogP) is 5.06. The molecule has 1 unspecified atom stereocenters. The Kier molecular flexibility index (Phi) is 4.90. The minimum atomic E-state index is -0.434. The minimum absolute atomic E-state index is 0.149. The molecule has 4 nitrogen and oxygen atoms in total. The molecule has 5 heteroatoms. The fraction of sp³-hybridized carbons (Fsp3) is 0.360. The number of fused-ring (bicyclic) bond motifs is 1. The zero-order valence-corrected chi connectivity index (χ0v) is 18.0. The summed E-state index contributed by atoms with van der Waals surface area (Å²) in [6.45, 7) is 1.36. The Bertz CT molecular complexity index is 1070. The molecule has 1 fully saturated rings. The van der Waals surface area contributed by atoms with Gasteiger partial charge in [0.2, 0.25) is 5.91 Å². The van der Waals surface area contributed by atoms with Crippen LogP contribution < -0.4 is 0 Å². The summed E-state index contributed by atoms with van der Waals surface area (Å²) in [6.07, 6.45) is 7.99. The Hall–Kier alpha value is -2.59. The first-order chi connectivity index (χ1) is 14.6. The van der Waals surface area contributed by atoms with E-state index in [9.17, 15) is 4.79 Å². The summed E-state index contributed by atoms with van der Waals surface area (Å²) in [5.41, 5.74) is 4.37. The van der Waals surface area contributed by atoms with Gasteiger partial charge in [-0.3, -0.25) is 9.48 Å². The Labute approximate surface area is 182 Å². The molecule has 2 aliphatic rings. The van der Waals surface area contributed by atoms with Gasteiger partial charge in [0.05, 0.1) is 11.6 Å². The highest BCUT2D eigenvalue weighted by Crippen LogP contribution is 2.44. The van der Waals surface area contributed by atoms with E-state index >= 15 is 0 Å². The van der Waals surface area contributed by atoms with Crippen molar-refractivity contribution in [1.82, 2.24) is 14.7 Å². The van der Waals surface area contributed by atoms with Crippen molar-refractivity contribution in [2.45, 2.75) is 43.6 Å². The maximum atomic E-state index is 14.1. The van der Waals surface area contributed by atoms with E-state index in [1.54, 1.807) is 0 Å². The zero-order valence-electron chi connectivity index (χ0n) is 17.2. The normalized spacial score (nSPS) is 20.2. The van der Waals surface area contributed by atoms with Crippen molar-refractivity contribution in [2.75, 3.05) is 6.54 Å². The third kappa shape index (κ3) is 3.24. The van der Waals surface area contributed by atoms with Crippen molar-refractivity contribution >= 4 is 17.5 Å². The first-order valence-electron chi connectivity index (χ1n) is 10.7. The molecule has 5 rings (SSSR count). The van der Waals surface area contributed by atoms with Crippen molar-refractivity contribution in [3.63, 3.8) is 0 Å². The number of rotatable bonds is 3. The molecule has 1 aliphatic carbocycles. The van der Waals surface area contributed by atoms with Gasteiger partial charge in [-0.2, -0.15) is 5.10 Å². The quantitative estimate of drug-likeness (QED) is 0.595. The number of aryl methyl sites for hydroxylation is 1. The maximum absolute atomic E-state index is 14.1. The molecule has 0 spiro atoms. The molecule has 1 aliphatic heterocycles. The van der Waals surface area contributed by atoms with Gasteiger partial charge in [-0.1, -0.05) is 60.8 Å². The van der Waals surface area contributed by atoms with Crippen LogP contribution in [0.15, 0.2) is 60.9 Å². The number of halogens is 1. The third-order valence-corrected chi connectivity index (χ3v) is 7.12. The van der Waals surface area contributed by atoms with Gasteiger partial charge in [-0.05, 0) is 47.2 Å². The van der Waals surface area contributed by atoms with Crippen molar-refractivity contribution in [2.24, 2.45) is 7.05 Å². The van der Waals surface area contributed by atoms with E-state index in [0.29, 0.717) is 18.1 Å². The molecular formula is C25H26ClN3O. The summed E-state index contributed by atoms with van der Waals surface area (Å²) >= 11 is 6.13. The summed E-state index contributed by atoms with van der Waals surface area (Å²) < 4.78 is 1.84. The second-order valence-electron chi connectivity index (χ2n) is 8.68. The van der Waals surface area contributed by atoms with Crippen LogP contribution in [0.3, 0.4) is 0 Å². The molecule has 0 radical (unpaired) electrons. The minimum Gasteiger partial charge on any atom is -0.337 e. The molecule has 1 aromatic heterocycles. The van der Waals surface area contributed by atoms with Gasteiger partial charge in [0.15, 0.2) is 0 Å². The predicted molar refractivity (Wildman–Crippen MR) is 119 cm³/mol. The number of aromatic nitrogens is 2. The lowest BCUT2D eigenvalue weighted by molar-refractivity contribution is -0.138. The van der Waals surface area contributed by atoms with Crippen molar-refractivity contribution in [3.05, 3.63) is 88.2 Å². The molecule has 154 valence electrons. The number of hydrogen-bond acceptors (Lipinski definition) is 2. The van der Waals surface area contributed by atoms with Crippen molar-refractivity contribution in [1.29, 1.82) is 0 Å². The van der Waals surface area contributed by atoms with E-state index in [0.717, 1.165) is 36.8 Å². The van der Waals surface area contributed by atoms with Crippen LogP contribution in [0.5, 0.6) is 0 Å². The summed E-state index contributed by atoms with van der Waals surface area (Å²) in [4.78, 5) is 16.2. The molecule has 2 aromatic carbocycles. The van der Waals surface area contributed by atoms with Gasteiger partial charge in [0, 0.05) is 37.3 Å². The Balaban J connectivity index is 1.53. The molecule has 1 saturated carbocycles. The van der Waals surface area contributed by atoms with E-state index in [1.807, 2.05) is 42.2 Å². The highest BCUT2D eigenvalue weighted by Gasteiger charge is 2.46. The van der Waals surface area contributed by atoms with E-state index in [4.69, 9.17) is 11.6 Å². The molecule has 2 heterocycles. The number of nitrogens with zero attached hydrogens (tertiary/aromatic N) is 3. The fourth-order valence-corrected chi connectivity index (χ4v) is 5.47. The highest BCUT2D eigenvalue weighted by atomic mass is 35.5. The second kappa shape index (κ2) is 7.59. The van der Waals surface area contributed by atoms with Gasteiger partial charge in [0.25, 0.3) is 0 Å². The van der Waals surface area contributed by atoms with Gasteiger partial charge in [-0.25, -0.2) is 0 Å². The number of amides is 1. The van der Waals surface area contributed by atoms with Crippen LogP contribution >= 0.6 is 11.6 Å². The van der Waals surface area contributed by atoms with Crippen LogP contribution in [0.2, 0.25) is 5.02 Å². The summed E-state index contributed by atoms with van der Waals surface area (Å²) in [5, 5.41) is 5.09. The lowest BCUT2D eigenvalue weighted by atomic mass is 9.76. The van der Waals surface area contributed by atoms with Crippen LogP contribution in [-0.4, -0.2) is 27.1 Å². The maximum Gasteiger partial charge on any atom is 0.233 e. The molecule has 1 atom stereocenters. The molecule has 30 heavy (non-hydrogen) atoms. The molecule has 0 saturated heterocycles. The molecule has 0 N–H and O–H groups in total. The molecule has 1 amide bonds. The van der Waals surface area contributed by atoms with Crippen molar-refractivity contribution in [3.8, 4) is 0 Å². The first kappa shape index (κ1) is 19.4. The van der Waals surface area contributed by atoms with Gasteiger partial charge in [-0.15, -0.1) is 0 Å². The van der Waals surface area contributed by atoms with Crippen LogP contribution in [0.1, 0.15) is 53.9 Å². The average molecular weight is 420 g/mol. The smallest absolute Gasteiger partial charge is 0.233 e. The standard InChI is InChI=1S/C25H26ClN3O/c1-28-15-19(14-27-28)23-17-29(16-18-6-2-3-7-22(18)23)24(30)25(12-4-5-13-25)20-8-10-21(26)11-9-20/h2-3,6-11,14-15,23H,4-5,12-13,16-17H2,1H3. The van der Waals surface area contributed by atoms with Crippen LogP contribution in [0.25, 0.3) is 0 Å². The molecular weight excluding hydrogens is 394 g/mol. The summed E-state index contributed by atoms with van der Waals surface area (Å²) in [5.74, 6) is 0.405. The lowest BCUT2D eigenvalue weighted by Crippen LogP contribution is -2.48. The largest absolute Gasteiger partial charge is 0.337 e. The zero-order chi connectivity index (χ0) is 20.7. The van der Waals surface area contributed by atoms with Crippen molar-refractivity contribution < 1.29 is 4.79 Å². The average Bonchev–Trinajstić information content (AvgIpc) is 3.43. The van der Waals surface area contributed by atoms with Gasteiger partial charge < -0.3 is 4.90 Å². The molecule has 0 bridgehead atoms. The third-order valence-electron chi connectivity index (χ3n) is 6.87. The van der Waals surface area contributed by atoms with Crippen LogP contribution in [0.4, 0.5) is 0 Å². The summed E-state index contributed by atoms with van der Waals surface area (Å²) in [6, 6.07) is 16.4. The van der Waals surface area contributed by atoms with E-state index in [2.05, 4.69) is 40.5 Å². The Morgan fingerprint density at radius 3 is 2.53 bits per heavy atom. The monoisotopic (exact) mass is 419 g/mol. The fourth-order valence-electron chi connectivity index (χ4n) is 5.34. The number of hydrogen-bond donors (Lipinski definition) is 0. The topological polar surface area (TPSA) is 38.1 Å². The van der Waals surface area contributed by atoms with Gasteiger partial charge in [0.1, 0.15) is 0 Å². The molecule has 3 aromatic rings.